The molecule has 0 radical (unpaired) electrons. The number of fused-ring (bicyclic) bond motifs is 1. The molecule has 0 aliphatic carbocycles. The number of urea groups is 1. The Morgan fingerprint density at radius 1 is 1.38 bits per heavy atom. The van der Waals surface area contributed by atoms with E-state index in [2.05, 4.69) is 5.32 Å². The lowest BCUT2D eigenvalue weighted by atomic mass is 10.1. The highest BCUT2D eigenvalue weighted by molar-refractivity contribution is 5.74. The lowest BCUT2D eigenvalue weighted by molar-refractivity contribution is -0.00342. The van der Waals surface area contributed by atoms with Gasteiger partial charge in [-0.05, 0) is 31.0 Å². The summed E-state index contributed by atoms with van der Waals surface area (Å²) in [5.74, 6) is 1.56. The fourth-order valence-corrected chi connectivity index (χ4v) is 2.52. The zero-order chi connectivity index (χ0) is 14.7. The molecule has 0 aromatic heterocycles. The van der Waals surface area contributed by atoms with E-state index in [1.54, 1.807) is 4.90 Å². The second-order valence-corrected chi connectivity index (χ2v) is 5.30. The second kappa shape index (κ2) is 6.22. The third-order valence-corrected chi connectivity index (χ3v) is 3.66. The Hall–Kier alpha value is -1.95. The zero-order valence-corrected chi connectivity index (χ0v) is 12.1. The van der Waals surface area contributed by atoms with Gasteiger partial charge in [-0.2, -0.15) is 0 Å². The van der Waals surface area contributed by atoms with Gasteiger partial charge in [-0.25, -0.2) is 4.79 Å². The van der Waals surface area contributed by atoms with Gasteiger partial charge in [0.2, 0.25) is 6.79 Å². The van der Waals surface area contributed by atoms with Gasteiger partial charge in [0.25, 0.3) is 0 Å². The van der Waals surface area contributed by atoms with Gasteiger partial charge in [0.05, 0.1) is 12.7 Å². The maximum Gasteiger partial charge on any atom is 0.317 e. The van der Waals surface area contributed by atoms with E-state index in [4.69, 9.17) is 14.2 Å². The molecule has 0 spiro atoms. The molecular weight excluding hydrogens is 272 g/mol. The summed E-state index contributed by atoms with van der Waals surface area (Å²) >= 11 is 0. The maximum atomic E-state index is 12.0. The predicted octanol–water partition coefficient (Wildman–Crippen LogP) is 1.39. The molecule has 0 bridgehead atoms. The van der Waals surface area contributed by atoms with Gasteiger partial charge < -0.3 is 24.4 Å². The lowest BCUT2D eigenvalue weighted by Gasteiger charge is -2.31. The summed E-state index contributed by atoms with van der Waals surface area (Å²) in [6.07, 6.45) is 0.876. The van der Waals surface area contributed by atoms with Crippen LogP contribution in [-0.4, -0.2) is 50.1 Å². The monoisotopic (exact) mass is 292 g/mol. The van der Waals surface area contributed by atoms with Gasteiger partial charge in [0.15, 0.2) is 11.5 Å². The third-order valence-electron chi connectivity index (χ3n) is 3.66. The van der Waals surface area contributed by atoms with Crippen molar-refractivity contribution in [2.75, 3.05) is 33.0 Å². The van der Waals surface area contributed by atoms with Crippen LogP contribution in [0.2, 0.25) is 0 Å². The van der Waals surface area contributed by atoms with Crippen LogP contribution in [0.4, 0.5) is 4.79 Å². The topological polar surface area (TPSA) is 60.0 Å². The van der Waals surface area contributed by atoms with Gasteiger partial charge in [-0.1, -0.05) is 6.07 Å². The Morgan fingerprint density at radius 3 is 3.10 bits per heavy atom. The first kappa shape index (κ1) is 14.0. The lowest BCUT2D eigenvalue weighted by Crippen LogP contribution is -2.49. The van der Waals surface area contributed by atoms with E-state index in [0.717, 1.165) is 23.5 Å². The highest BCUT2D eigenvalue weighted by atomic mass is 16.7. The van der Waals surface area contributed by atoms with Gasteiger partial charge in [-0.3, -0.25) is 0 Å². The van der Waals surface area contributed by atoms with E-state index in [0.29, 0.717) is 26.2 Å². The summed E-state index contributed by atoms with van der Waals surface area (Å²) in [5, 5.41) is 2.95. The van der Waals surface area contributed by atoms with Crippen LogP contribution >= 0.6 is 0 Å². The molecule has 114 valence electrons. The van der Waals surface area contributed by atoms with Crippen LogP contribution in [0.3, 0.4) is 0 Å². The fraction of sp³-hybridized carbons (Fsp3) is 0.533. The van der Waals surface area contributed by atoms with E-state index in [9.17, 15) is 4.79 Å². The summed E-state index contributed by atoms with van der Waals surface area (Å²) in [6, 6.07) is 5.84. The quantitative estimate of drug-likeness (QED) is 0.914. The number of nitrogens with zero attached hydrogens (tertiary/aromatic N) is 1. The van der Waals surface area contributed by atoms with Crippen molar-refractivity contribution in [1.29, 1.82) is 0 Å². The molecule has 2 amide bonds. The molecular formula is C15H20N2O4. The first-order valence-electron chi connectivity index (χ1n) is 7.25. The molecule has 2 aliphatic rings. The summed E-state index contributed by atoms with van der Waals surface area (Å²) < 4.78 is 16.0. The van der Waals surface area contributed by atoms with Crippen molar-refractivity contribution >= 4 is 6.03 Å². The highest BCUT2D eigenvalue weighted by Gasteiger charge is 2.20. The predicted molar refractivity (Wildman–Crippen MR) is 76.7 cm³/mol. The van der Waals surface area contributed by atoms with Gasteiger partial charge in [0, 0.05) is 19.6 Å². The summed E-state index contributed by atoms with van der Waals surface area (Å²) in [5.41, 5.74) is 1.12. The highest BCUT2D eigenvalue weighted by Crippen LogP contribution is 2.32. The van der Waals surface area contributed by atoms with Crippen LogP contribution in [-0.2, 0) is 11.2 Å². The average Bonchev–Trinajstić information content (AvgIpc) is 2.94. The fourth-order valence-electron chi connectivity index (χ4n) is 2.52. The number of morpholine rings is 1. The molecule has 21 heavy (non-hydrogen) atoms. The number of carbonyl (C=O) groups is 1. The van der Waals surface area contributed by atoms with Crippen molar-refractivity contribution in [3.05, 3.63) is 23.8 Å². The Labute approximate surface area is 124 Å². The Balaban J connectivity index is 1.46. The largest absolute Gasteiger partial charge is 0.454 e. The molecule has 2 heterocycles. The molecule has 1 aromatic carbocycles. The first-order chi connectivity index (χ1) is 10.2. The number of benzene rings is 1. The van der Waals surface area contributed by atoms with Crippen molar-refractivity contribution in [2.24, 2.45) is 0 Å². The molecule has 0 saturated carbocycles. The van der Waals surface area contributed by atoms with Crippen molar-refractivity contribution in [3.8, 4) is 11.5 Å². The van der Waals surface area contributed by atoms with Crippen LogP contribution in [0.5, 0.6) is 11.5 Å². The molecule has 1 aromatic rings. The molecule has 6 heteroatoms. The van der Waals surface area contributed by atoms with E-state index in [1.807, 2.05) is 25.1 Å². The third kappa shape index (κ3) is 3.39. The number of ether oxygens (including phenoxy) is 3. The molecule has 2 aliphatic heterocycles. The molecule has 1 atom stereocenters. The van der Waals surface area contributed by atoms with E-state index in [1.165, 1.54) is 0 Å². The van der Waals surface area contributed by atoms with Crippen LogP contribution in [0.25, 0.3) is 0 Å². The smallest absolute Gasteiger partial charge is 0.317 e. The van der Waals surface area contributed by atoms with Gasteiger partial charge in [0.1, 0.15) is 0 Å². The Kier molecular flexibility index (Phi) is 4.15. The summed E-state index contributed by atoms with van der Waals surface area (Å²) in [7, 11) is 0. The molecule has 0 unspecified atom stereocenters. The number of amides is 2. The number of hydrogen-bond acceptors (Lipinski definition) is 4. The number of carbonyl (C=O) groups excluding carboxylic acids is 1. The van der Waals surface area contributed by atoms with Crippen molar-refractivity contribution in [1.82, 2.24) is 10.2 Å². The maximum absolute atomic E-state index is 12.0. The van der Waals surface area contributed by atoms with Crippen LogP contribution < -0.4 is 14.8 Å². The van der Waals surface area contributed by atoms with E-state index in [-0.39, 0.29) is 18.9 Å². The molecule has 1 fully saturated rings. The van der Waals surface area contributed by atoms with Gasteiger partial charge in [-0.15, -0.1) is 0 Å². The van der Waals surface area contributed by atoms with Crippen molar-refractivity contribution in [2.45, 2.75) is 19.4 Å². The molecule has 3 rings (SSSR count). The molecule has 6 nitrogen and oxygen atoms in total. The Morgan fingerprint density at radius 2 is 2.24 bits per heavy atom. The van der Waals surface area contributed by atoms with Crippen LogP contribution in [0.15, 0.2) is 18.2 Å². The normalized spacial score (nSPS) is 20.4. The number of hydrogen-bond donors (Lipinski definition) is 1. The first-order valence-corrected chi connectivity index (χ1v) is 7.25. The van der Waals surface area contributed by atoms with Crippen molar-refractivity contribution in [3.63, 3.8) is 0 Å². The zero-order valence-electron chi connectivity index (χ0n) is 12.1. The minimum absolute atomic E-state index is 0.0223. The minimum Gasteiger partial charge on any atom is -0.454 e. The van der Waals surface area contributed by atoms with E-state index < -0.39 is 0 Å². The van der Waals surface area contributed by atoms with Crippen LogP contribution in [0, 0.1) is 0 Å². The number of rotatable bonds is 3. The minimum atomic E-state index is -0.0223. The van der Waals surface area contributed by atoms with Crippen molar-refractivity contribution < 1.29 is 19.0 Å². The average molecular weight is 292 g/mol. The summed E-state index contributed by atoms with van der Waals surface area (Å²) in [4.78, 5) is 13.8. The van der Waals surface area contributed by atoms with Crippen LogP contribution in [0.1, 0.15) is 12.5 Å². The second-order valence-electron chi connectivity index (χ2n) is 5.30. The van der Waals surface area contributed by atoms with Gasteiger partial charge >= 0.3 is 6.03 Å². The summed E-state index contributed by atoms with van der Waals surface area (Å²) in [6.45, 7) is 4.77. The van der Waals surface area contributed by atoms with E-state index >= 15 is 0 Å². The Bertz CT molecular complexity index is 520. The SMILES string of the molecule is C[C@@H]1CN(C(=O)NCCc2ccc3c(c2)OCO3)CCO1. The standard InChI is InChI=1S/C15H20N2O4/c1-11-9-17(6-7-19-11)15(18)16-5-4-12-2-3-13-14(8-12)21-10-20-13/h2-3,8,11H,4-7,9-10H2,1H3,(H,16,18)/t11-/m1/s1. The molecule has 1 N–H and O–H groups in total. The molecule has 1 saturated heterocycles. The number of nitrogens with one attached hydrogen (secondary N) is 1.